The molecule has 17 nitrogen and oxygen atoms in total. The van der Waals surface area contributed by atoms with Crippen LogP contribution in [0.25, 0.3) is 0 Å². The molecule has 0 aromatic carbocycles. The molecule has 87 heavy (non-hydrogen) atoms. The average Bonchev–Trinajstić information content (AvgIpc) is 3.68. The first-order chi connectivity index (χ1) is 41.9. The van der Waals surface area contributed by atoms with Gasteiger partial charge in [0.25, 0.3) is 0 Å². The van der Waals surface area contributed by atoms with E-state index in [0.717, 1.165) is 115 Å². The van der Waals surface area contributed by atoms with Crippen LogP contribution in [0.5, 0.6) is 0 Å². The Morgan fingerprint density at radius 3 is 0.782 bits per heavy atom. The van der Waals surface area contributed by atoms with Crippen LogP contribution in [0.15, 0.2) is 0 Å². The molecular weight excluding hydrogens is 1150 g/mol. The summed E-state index contributed by atoms with van der Waals surface area (Å²) in [5, 5.41) is 10.6. The minimum atomic E-state index is -4.95. The molecule has 0 aliphatic rings. The smallest absolute Gasteiger partial charge is 0.462 e. The molecule has 0 rings (SSSR count). The van der Waals surface area contributed by atoms with Crippen LogP contribution in [0.3, 0.4) is 0 Å². The van der Waals surface area contributed by atoms with E-state index in [-0.39, 0.29) is 25.7 Å². The summed E-state index contributed by atoms with van der Waals surface area (Å²) in [5.41, 5.74) is 0. The van der Waals surface area contributed by atoms with Crippen LogP contribution in [-0.2, 0) is 65.4 Å². The quantitative estimate of drug-likeness (QED) is 0.0222. The Kier molecular flexibility index (Phi) is 59.0. The van der Waals surface area contributed by atoms with Crippen molar-refractivity contribution < 1.29 is 80.2 Å². The standard InChI is InChI=1S/C68H132O17P2/c1-7-9-11-13-15-16-17-19-23-26-33-39-45-51-66(71)79-57-64(84-67(72)52-46-40-34-27-24-21-18-20-22-25-31-36-42-48-60(3)4)59-83-87(76,77)81-55-62(69)54-80-86(74,75)82-58-63(56-78-65(70)50-44-38-30-14-12-10-8-2)85-68(73)53-47-41-35-29-28-32-37-43-49-61(5)6/h60-64,69H,7-59H2,1-6H3,(H,74,75)(H,76,77)/t62-,63+,64+/m0/s1. The highest BCUT2D eigenvalue weighted by Crippen LogP contribution is 2.45. The molecule has 0 aromatic rings. The number of phosphoric acid groups is 2. The maximum Gasteiger partial charge on any atom is 0.472 e. The van der Waals surface area contributed by atoms with Crippen molar-refractivity contribution in [3.05, 3.63) is 0 Å². The highest BCUT2D eigenvalue weighted by atomic mass is 31.2. The van der Waals surface area contributed by atoms with Gasteiger partial charge in [0.1, 0.15) is 19.3 Å². The Labute approximate surface area is 530 Å². The lowest BCUT2D eigenvalue weighted by Crippen LogP contribution is -2.30. The summed E-state index contributed by atoms with van der Waals surface area (Å²) >= 11 is 0. The summed E-state index contributed by atoms with van der Waals surface area (Å²) in [6.45, 7) is 9.47. The summed E-state index contributed by atoms with van der Waals surface area (Å²) in [6, 6.07) is 0. The molecule has 0 aromatic heterocycles. The van der Waals surface area contributed by atoms with Crippen molar-refractivity contribution in [2.75, 3.05) is 39.6 Å². The predicted molar refractivity (Wildman–Crippen MR) is 349 cm³/mol. The number of phosphoric ester groups is 2. The average molecular weight is 1280 g/mol. The van der Waals surface area contributed by atoms with Crippen molar-refractivity contribution in [2.24, 2.45) is 11.8 Å². The third kappa shape index (κ3) is 62.6. The van der Waals surface area contributed by atoms with E-state index in [0.29, 0.717) is 25.7 Å². The number of hydrogen-bond donors (Lipinski definition) is 3. The van der Waals surface area contributed by atoms with Gasteiger partial charge in [0.15, 0.2) is 12.2 Å². The Bertz CT molecular complexity index is 1700. The van der Waals surface area contributed by atoms with Gasteiger partial charge >= 0.3 is 39.5 Å². The first-order valence-electron chi connectivity index (χ1n) is 35.5. The molecule has 19 heteroatoms. The van der Waals surface area contributed by atoms with Gasteiger partial charge in [-0.3, -0.25) is 37.3 Å². The molecule has 0 bridgehead atoms. The van der Waals surface area contributed by atoms with Crippen LogP contribution < -0.4 is 0 Å². The van der Waals surface area contributed by atoms with Gasteiger partial charge in [-0.15, -0.1) is 0 Å². The molecule has 0 aliphatic carbocycles. The SMILES string of the molecule is CCCCCCCCCCCCCCCC(=O)OC[C@H](COP(=O)(O)OC[C@@H](O)COP(=O)(O)OC[C@@H](COC(=O)CCCCCCCCC)OC(=O)CCCCCCCCCCC(C)C)OC(=O)CCCCCCCCCCCCCCCC(C)C. The summed E-state index contributed by atoms with van der Waals surface area (Å²) in [4.78, 5) is 72.3. The van der Waals surface area contributed by atoms with Gasteiger partial charge in [-0.25, -0.2) is 9.13 Å². The van der Waals surface area contributed by atoms with Gasteiger partial charge in [0.05, 0.1) is 26.4 Å². The minimum absolute atomic E-state index is 0.104. The first-order valence-corrected chi connectivity index (χ1v) is 38.5. The van der Waals surface area contributed by atoms with Crippen molar-refractivity contribution >= 4 is 39.5 Å². The van der Waals surface area contributed by atoms with Gasteiger partial charge in [-0.2, -0.15) is 0 Å². The van der Waals surface area contributed by atoms with Crippen LogP contribution in [0.2, 0.25) is 0 Å². The van der Waals surface area contributed by atoms with Gasteiger partial charge in [-0.1, -0.05) is 292 Å². The Balaban J connectivity index is 5.21. The van der Waals surface area contributed by atoms with E-state index >= 15 is 0 Å². The molecular formula is C68H132O17P2. The molecule has 0 spiro atoms. The number of carbonyl (C=O) groups is 4. The largest absolute Gasteiger partial charge is 0.472 e. The number of hydrogen-bond acceptors (Lipinski definition) is 15. The van der Waals surface area contributed by atoms with E-state index in [1.807, 2.05) is 0 Å². The van der Waals surface area contributed by atoms with Gasteiger partial charge in [0.2, 0.25) is 0 Å². The fourth-order valence-corrected chi connectivity index (χ4v) is 11.8. The Morgan fingerprint density at radius 1 is 0.310 bits per heavy atom. The van der Waals surface area contributed by atoms with Crippen molar-refractivity contribution in [2.45, 2.75) is 362 Å². The summed E-state index contributed by atoms with van der Waals surface area (Å²) in [6.07, 6.45) is 44.5. The van der Waals surface area contributed by atoms with E-state index < -0.39 is 97.5 Å². The second-order valence-electron chi connectivity index (χ2n) is 25.5. The van der Waals surface area contributed by atoms with Crippen molar-refractivity contribution in [1.29, 1.82) is 0 Å². The van der Waals surface area contributed by atoms with E-state index in [4.69, 9.17) is 37.0 Å². The highest BCUT2D eigenvalue weighted by molar-refractivity contribution is 7.47. The predicted octanol–water partition coefficient (Wildman–Crippen LogP) is 19.2. The van der Waals surface area contributed by atoms with Crippen molar-refractivity contribution in [1.82, 2.24) is 0 Å². The lowest BCUT2D eigenvalue weighted by Gasteiger charge is -2.21. The number of aliphatic hydroxyl groups is 1. The van der Waals surface area contributed by atoms with Gasteiger partial charge in [0, 0.05) is 25.7 Å². The monoisotopic (exact) mass is 1280 g/mol. The number of esters is 4. The highest BCUT2D eigenvalue weighted by Gasteiger charge is 2.30. The molecule has 0 saturated heterocycles. The zero-order chi connectivity index (χ0) is 64.3. The number of rotatable bonds is 67. The second kappa shape index (κ2) is 60.3. The van der Waals surface area contributed by atoms with Crippen LogP contribution in [0, 0.1) is 11.8 Å². The van der Waals surface area contributed by atoms with Crippen LogP contribution in [0.1, 0.15) is 343 Å². The summed E-state index contributed by atoms with van der Waals surface area (Å²) in [7, 11) is -9.89. The zero-order valence-corrected chi connectivity index (χ0v) is 58.1. The lowest BCUT2D eigenvalue weighted by molar-refractivity contribution is -0.161. The molecule has 3 N–H and O–H groups in total. The Morgan fingerprint density at radius 2 is 0.529 bits per heavy atom. The minimum Gasteiger partial charge on any atom is -0.462 e. The second-order valence-corrected chi connectivity index (χ2v) is 28.4. The fourth-order valence-electron chi connectivity index (χ4n) is 10.2. The first kappa shape index (κ1) is 85.1. The number of unbranched alkanes of at least 4 members (excludes halogenated alkanes) is 37. The maximum atomic E-state index is 13.0. The maximum absolute atomic E-state index is 13.0. The third-order valence-corrected chi connectivity index (χ3v) is 17.6. The van der Waals surface area contributed by atoms with Crippen LogP contribution >= 0.6 is 15.6 Å². The van der Waals surface area contributed by atoms with E-state index in [9.17, 15) is 43.2 Å². The van der Waals surface area contributed by atoms with E-state index in [1.165, 1.54) is 148 Å². The molecule has 516 valence electrons. The number of carbonyl (C=O) groups excluding carboxylic acids is 4. The summed E-state index contributed by atoms with van der Waals surface area (Å²) in [5.74, 6) is -0.627. The summed E-state index contributed by atoms with van der Waals surface area (Å²) < 4.78 is 68.1. The van der Waals surface area contributed by atoms with E-state index in [2.05, 4.69) is 41.5 Å². The van der Waals surface area contributed by atoms with Gasteiger partial charge in [-0.05, 0) is 37.5 Å². The number of ether oxygens (including phenoxy) is 4. The molecule has 2 unspecified atom stereocenters. The fraction of sp³-hybridized carbons (Fsp3) is 0.941. The van der Waals surface area contributed by atoms with Crippen molar-refractivity contribution in [3.63, 3.8) is 0 Å². The molecule has 0 saturated carbocycles. The van der Waals surface area contributed by atoms with Crippen LogP contribution in [-0.4, -0.2) is 96.7 Å². The zero-order valence-electron chi connectivity index (χ0n) is 56.3. The topological polar surface area (TPSA) is 237 Å². The molecule has 0 amide bonds. The molecule has 0 radical (unpaired) electrons. The lowest BCUT2D eigenvalue weighted by atomic mass is 10.0. The molecule has 5 atom stereocenters. The third-order valence-electron chi connectivity index (χ3n) is 15.7. The van der Waals surface area contributed by atoms with Crippen molar-refractivity contribution in [3.8, 4) is 0 Å². The van der Waals surface area contributed by atoms with Crippen LogP contribution in [0.4, 0.5) is 0 Å². The normalized spacial score (nSPS) is 14.2. The molecule has 0 heterocycles. The van der Waals surface area contributed by atoms with Gasteiger partial charge < -0.3 is 33.8 Å². The number of aliphatic hydroxyl groups excluding tert-OH is 1. The van der Waals surface area contributed by atoms with E-state index in [1.54, 1.807) is 0 Å². The Hall–Kier alpha value is -1.94. The molecule has 0 fully saturated rings. The molecule has 0 aliphatic heterocycles.